The highest BCUT2D eigenvalue weighted by Gasteiger charge is 2.58. The summed E-state index contributed by atoms with van der Waals surface area (Å²) in [7, 11) is 0. The zero-order chi connectivity index (χ0) is 70.0. The van der Waals surface area contributed by atoms with Gasteiger partial charge in [0, 0.05) is 74.8 Å². The van der Waals surface area contributed by atoms with Crippen molar-refractivity contribution in [3.8, 4) is 0 Å². The van der Waals surface area contributed by atoms with E-state index in [1.165, 1.54) is 24.3 Å². The van der Waals surface area contributed by atoms with Gasteiger partial charge in [0.2, 0.25) is 0 Å². The first-order valence-electron chi connectivity index (χ1n) is 31.6. The number of nitrogens with one attached hydrogen (secondary N) is 4. The smallest absolute Gasteiger partial charge is 0.319 e. The molecule has 9 rings (SSSR count). The van der Waals surface area contributed by atoms with Crippen molar-refractivity contribution in [3.05, 3.63) is 24.3 Å². The Labute approximate surface area is 556 Å². The number of aliphatic hydroxyl groups excluding tert-OH is 12. The summed E-state index contributed by atoms with van der Waals surface area (Å²) < 4.78 is 72.5. The van der Waals surface area contributed by atoms with Gasteiger partial charge in [-0.25, -0.2) is 9.59 Å². The van der Waals surface area contributed by atoms with Crippen LogP contribution in [0, 0.1) is 0 Å². The Hall–Kier alpha value is -3.68. The molecule has 8 fully saturated rings. The number of hydrogen-bond donors (Lipinski definition) is 28. The minimum Gasteiger partial charge on any atom is -0.389 e. The Morgan fingerprint density at radius 1 is 0.361 bits per heavy atom. The molecule has 0 bridgehead atoms. The van der Waals surface area contributed by atoms with Crippen molar-refractivity contribution in [2.45, 2.75) is 253 Å². The first-order valence-corrected chi connectivity index (χ1v) is 31.6. The summed E-state index contributed by atoms with van der Waals surface area (Å²) in [6, 6.07) is -5.69. The molecule has 40 N–H and O–H groups in total. The molecule has 8 aliphatic rings. The Kier molecular flexibility index (Phi) is 27.8. The zero-order valence-electron chi connectivity index (χ0n) is 51.9. The molecule has 0 spiro atoms. The summed E-state index contributed by atoms with van der Waals surface area (Å²) in [6.45, 7) is -2.07. The first-order chi connectivity index (χ1) is 45.5. The van der Waals surface area contributed by atoms with Crippen LogP contribution in [0.1, 0.15) is 20.3 Å². The van der Waals surface area contributed by atoms with Crippen LogP contribution in [0.25, 0.3) is 0 Å². The number of benzene rings is 1. The number of ether oxygens (including phenoxy) is 12. The van der Waals surface area contributed by atoms with Crippen LogP contribution in [-0.4, -0.2) is 345 Å². The second kappa shape index (κ2) is 34.1. The summed E-state index contributed by atoms with van der Waals surface area (Å²) in [5.41, 5.74) is 73.8. The fourth-order valence-electron chi connectivity index (χ4n) is 12.9. The maximum atomic E-state index is 13.7. The lowest BCUT2D eigenvalue weighted by Crippen LogP contribution is -2.68. The molecule has 4 amide bonds. The standard InChI is InChI=1S/C54H98N16O26.CH4/c55-7-19-31(73)35(77)25(63)47(85-19)91-41-17(61)5-15(59)29(71)45(41)95-51-39(81)43(93-49-27(65)37(79)33(75)21(9-57)87-49)23(89-51)11-67-53(83)69-13-2-1-3-14(4-13)70-54(84)68-12-24-44(94-50-28(66)38(80)34(76)22(10-58)88-50)40(82)52(90-24)96-46-30(72)16(60)6-18(62)42(46)92-48-26(64)36(78)32(74)20(8-56)86-48;/h1-4,15-52,71-82H,5-12,55-66H2,(H2,67,69,83)(H2,68,70,84);1H4/t15-,16+,17?,18?,19?,20?,21+,22-,23-,24-,25?,26?,27?,28?,29?,30+,31?,32?,33?,34?,35-,36-,37?,38?,39+,40?,41?,42?,43?,44?,45-,46?,47-,48+,49-,50+,51+,52+;/m1./s1. The monoisotopic (exact) mass is 1400 g/mol. The van der Waals surface area contributed by atoms with Crippen LogP contribution in [0.3, 0.4) is 0 Å². The van der Waals surface area contributed by atoms with Gasteiger partial charge in [-0.05, 0) is 31.0 Å². The molecule has 42 heteroatoms. The van der Waals surface area contributed by atoms with Gasteiger partial charge in [0.05, 0.1) is 36.4 Å². The Balaban J connectivity index is 0.0000120. The average molecular weight is 1400 g/mol. The molecule has 558 valence electrons. The molecule has 6 saturated heterocycles. The van der Waals surface area contributed by atoms with Crippen molar-refractivity contribution in [2.75, 3.05) is 49.9 Å². The predicted octanol–water partition coefficient (Wildman–Crippen LogP) is -15.2. The third-order valence-corrected chi connectivity index (χ3v) is 18.7. The van der Waals surface area contributed by atoms with Crippen molar-refractivity contribution < 1.29 is 128 Å². The van der Waals surface area contributed by atoms with Crippen LogP contribution in [0.4, 0.5) is 21.0 Å². The molecule has 6 aliphatic heterocycles. The maximum absolute atomic E-state index is 13.7. The van der Waals surface area contributed by atoms with E-state index in [0.717, 1.165) is 0 Å². The lowest BCUT2D eigenvalue weighted by Gasteiger charge is -2.47. The molecule has 1 aromatic rings. The molecule has 1 aromatic carbocycles. The van der Waals surface area contributed by atoms with E-state index in [0.29, 0.717) is 0 Å². The molecule has 97 heavy (non-hydrogen) atoms. The number of nitrogens with two attached hydrogens (primary N) is 12. The largest absolute Gasteiger partial charge is 0.389 e. The summed E-state index contributed by atoms with van der Waals surface area (Å²) in [4.78, 5) is 27.4. The van der Waals surface area contributed by atoms with Gasteiger partial charge < -0.3 is 208 Å². The van der Waals surface area contributed by atoms with Crippen LogP contribution < -0.4 is 90.1 Å². The van der Waals surface area contributed by atoms with E-state index in [9.17, 15) is 70.9 Å². The topological polar surface area (TPSA) is 748 Å². The third-order valence-electron chi connectivity index (χ3n) is 18.7. The molecule has 38 atom stereocenters. The molecule has 0 aromatic heterocycles. The lowest BCUT2D eigenvalue weighted by molar-refractivity contribution is -0.306. The summed E-state index contributed by atoms with van der Waals surface area (Å²) in [5.74, 6) is 0. The van der Waals surface area contributed by atoms with E-state index < -0.39 is 258 Å². The molecular formula is C55H102N16O26. The fraction of sp³-hybridized carbons (Fsp3) is 0.855. The van der Waals surface area contributed by atoms with Gasteiger partial charge in [-0.15, -0.1) is 0 Å². The lowest BCUT2D eigenvalue weighted by atomic mass is 9.84. The van der Waals surface area contributed by atoms with E-state index in [2.05, 4.69) is 21.3 Å². The number of hydrogen-bond acceptors (Lipinski definition) is 38. The van der Waals surface area contributed by atoms with E-state index in [1.54, 1.807) is 0 Å². The van der Waals surface area contributed by atoms with Crippen molar-refractivity contribution >= 4 is 23.4 Å². The minimum absolute atomic E-state index is 0. The van der Waals surface area contributed by atoms with Crippen LogP contribution in [0.2, 0.25) is 0 Å². The van der Waals surface area contributed by atoms with Crippen LogP contribution >= 0.6 is 0 Å². The second-order valence-electron chi connectivity index (χ2n) is 25.4. The summed E-state index contributed by atoms with van der Waals surface area (Å²) in [6.07, 6.45) is -45.1. The fourth-order valence-corrected chi connectivity index (χ4v) is 12.9. The summed E-state index contributed by atoms with van der Waals surface area (Å²) >= 11 is 0. The number of carbonyl (C=O) groups is 2. The van der Waals surface area contributed by atoms with Gasteiger partial charge in [-0.1, -0.05) is 13.5 Å². The van der Waals surface area contributed by atoms with E-state index >= 15 is 0 Å². The van der Waals surface area contributed by atoms with Gasteiger partial charge in [-0.2, -0.15) is 0 Å². The van der Waals surface area contributed by atoms with Gasteiger partial charge in [-0.3, -0.25) is 0 Å². The van der Waals surface area contributed by atoms with Crippen molar-refractivity contribution in [3.63, 3.8) is 0 Å². The highest BCUT2D eigenvalue weighted by Crippen LogP contribution is 2.38. The van der Waals surface area contributed by atoms with Crippen LogP contribution in [0.15, 0.2) is 24.3 Å². The Morgan fingerprint density at radius 2 is 0.629 bits per heavy atom. The molecular weight excluding hydrogens is 1300 g/mol. The summed E-state index contributed by atoms with van der Waals surface area (Å²) in [5, 5.41) is 142. The first kappa shape index (κ1) is 79.0. The Bertz CT molecular complexity index is 2490. The number of amides is 4. The number of carbonyl (C=O) groups excluding carboxylic acids is 2. The third kappa shape index (κ3) is 17.4. The van der Waals surface area contributed by atoms with Crippen LogP contribution in [-0.2, 0) is 56.8 Å². The molecule has 21 unspecified atom stereocenters. The number of rotatable bonds is 22. The molecule has 2 saturated carbocycles. The van der Waals surface area contributed by atoms with Gasteiger partial charge >= 0.3 is 12.1 Å². The SMILES string of the molecule is C.NCC1O[C@H](OC2C(N)C[C@@H](N)C(O)[C@H]2O[C@@H]2O[C@H](CNC(=O)Nc3cccc(NC(=O)NC[C@H]4O[C@@H](OC5C(O[C@@H]6OC(CN)C(O)[C@H](O)C6N)C(N)C[C@H](N)[C@@H]5O)C(O)C4O[C@@H]4O[C@H](CN)C(O)C(O)C4N)c3)C(O[C@H]3O[C@@H](CN)C(O)C(O)C3N)[C@@H]2O)C(N)[C@@H](O)C1O. The number of aliphatic hydroxyl groups is 12. The Morgan fingerprint density at radius 3 is 0.918 bits per heavy atom. The van der Waals surface area contributed by atoms with E-state index in [4.69, 9.17) is 126 Å². The molecule has 42 nitrogen and oxygen atoms in total. The van der Waals surface area contributed by atoms with E-state index in [1.807, 2.05) is 0 Å². The normalized spacial score (nSPS) is 48.0. The van der Waals surface area contributed by atoms with Gasteiger partial charge in [0.15, 0.2) is 37.7 Å². The van der Waals surface area contributed by atoms with Gasteiger partial charge in [0.1, 0.15) is 134 Å². The second-order valence-corrected chi connectivity index (χ2v) is 25.4. The maximum Gasteiger partial charge on any atom is 0.319 e. The highest BCUT2D eigenvalue weighted by atomic mass is 16.8. The average Bonchev–Trinajstić information content (AvgIpc) is 1.13. The van der Waals surface area contributed by atoms with Crippen LogP contribution in [0.5, 0.6) is 0 Å². The zero-order valence-corrected chi connectivity index (χ0v) is 51.9. The molecule has 6 heterocycles. The van der Waals surface area contributed by atoms with Crippen molar-refractivity contribution in [1.29, 1.82) is 0 Å². The van der Waals surface area contributed by atoms with Gasteiger partial charge in [0.25, 0.3) is 0 Å². The predicted molar refractivity (Wildman–Crippen MR) is 330 cm³/mol. The number of urea groups is 2. The quantitative estimate of drug-likeness (QED) is 0.0513. The minimum atomic E-state index is -1.83. The van der Waals surface area contributed by atoms with E-state index in [-0.39, 0.29) is 57.8 Å². The molecule has 2 aliphatic carbocycles. The van der Waals surface area contributed by atoms with Crippen molar-refractivity contribution in [2.24, 2.45) is 68.8 Å². The molecule has 0 radical (unpaired) electrons. The number of anilines is 2. The van der Waals surface area contributed by atoms with Crippen molar-refractivity contribution in [1.82, 2.24) is 10.6 Å². The highest BCUT2D eigenvalue weighted by molar-refractivity contribution is 5.92.